The minimum atomic E-state index is -4.05. The van der Waals surface area contributed by atoms with E-state index in [0.717, 1.165) is 28.0 Å². The van der Waals surface area contributed by atoms with E-state index in [1.54, 1.807) is 145 Å². The van der Waals surface area contributed by atoms with Crippen LogP contribution in [0.4, 0.5) is 28.4 Å². The number of aryl methyl sites for hydroxylation is 2. The van der Waals surface area contributed by atoms with E-state index < -0.39 is 26.0 Å². The number of hydrazine groups is 2. The minimum absolute atomic E-state index is 0.0117. The highest BCUT2D eigenvalue weighted by molar-refractivity contribution is 7.99. The van der Waals surface area contributed by atoms with Gasteiger partial charge in [-0.3, -0.25) is 55.2 Å². The Bertz CT molecular complexity index is 3160. The first-order valence-corrected chi connectivity index (χ1v) is 26.9. The van der Waals surface area contributed by atoms with E-state index in [0.29, 0.717) is 89.0 Å². The van der Waals surface area contributed by atoms with E-state index in [9.17, 15) is 36.0 Å². The molecule has 6 rings (SSSR count). The van der Waals surface area contributed by atoms with Crippen LogP contribution in [0, 0.1) is 27.7 Å². The molecule has 0 fully saturated rings. The smallest absolute Gasteiger partial charge is 0.290 e. The van der Waals surface area contributed by atoms with E-state index in [4.69, 9.17) is 4.84 Å². The summed E-state index contributed by atoms with van der Waals surface area (Å²) in [7, 11) is -4.41. The molecule has 1 heterocycles. The first kappa shape index (κ1) is 54.8. The van der Waals surface area contributed by atoms with Crippen molar-refractivity contribution in [1.29, 1.82) is 0 Å². The van der Waals surface area contributed by atoms with Gasteiger partial charge in [-0.25, -0.2) is 16.8 Å². The molecule has 22 heteroatoms. The topological polar surface area (TPSA) is 240 Å². The minimum Gasteiger partial charge on any atom is -0.341 e. The molecule has 0 aliphatic carbocycles. The number of rotatable bonds is 26. The predicted molar refractivity (Wildman–Crippen MR) is 284 cm³/mol. The number of anilines is 5. The Labute approximate surface area is 430 Å². The van der Waals surface area contributed by atoms with Crippen LogP contribution >= 0.6 is 11.8 Å². The second-order valence-corrected chi connectivity index (χ2v) is 21.4. The Morgan fingerprint density at radius 3 is 1.84 bits per heavy atom. The highest BCUT2D eigenvalue weighted by Crippen LogP contribution is 2.34. The van der Waals surface area contributed by atoms with Gasteiger partial charge in [-0.2, -0.15) is 21.4 Å². The lowest BCUT2D eigenvalue weighted by Crippen LogP contribution is -2.41. The summed E-state index contributed by atoms with van der Waals surface area (Å²) >= 11 is 1.67. The maximum atomic E-state index is 13.6. The van der Waals surface area contributed by atoms with Crippen LogP contribution in [0.2, 0.25) is 0 Å². The molecule has 0 unspecified atom stereocenters. The Morgan fingerprint density at radius 2 is 1.23 bits per heavy atom. The normalized spacial score (nSPS) is 11.3. The van der Waals surface area contributed by atoms with Gasteiger partial charge in [-0.05, 0) is 139 Å². The van der Waals surface area contributed by atoms with Gasteiger partial charge in [-0.15, -0.1) is 0 Å². The number of benzene rings is 5. The number of hydrogen-bond donors (Lipinski definition) is 7. The number of nitrogens with zero attached hydrogens (tertiary/aromatic N) is 3. The standard InChI is InChI=1S/C51H58N10O9S3/c1-35-12-22-46(72(66,67)57-44-18-14-42(15-19-44)55-52-33-62)37(3)49(35)40-10-7-9-39(29-40)32-70-60(6)26-28-71-27-25-59(5)51(65)41-11-8-24-61(30-41)31-48(64)54-50-36(2)13-23-47(38(50)4)73(68,69)58-45-20-16-43(17-21-45)56-53-34-63/h7-24,29-30,33-34,55-58H,25-28,31-32H2,1-6H3,(H2-,52,53,54,62,63,64)/p+1. The van der Waals surface area contributed by atoms with Crippen molar-refractivity contribution in [3.05, 3.63) is 155 Å². The second kappa shape index (κ2) is 25.2. The van der Waals surface area contributed by atoms with E-state index >= 15 is 0 Å². The van der Waals surface area contributed by atoms with Gasteiger partial charge < -0.3 is 10.2 Å². The number of sulfonamides is 2. The van der Waals surface area contributed by atoms with E-state index in [-0.39, 0.29) is 22.2 Å². The van der Waals surface area contributed by atoms with Gasteiger partial charge >= 0.3 is 0 Å². The number of thioether (sulfide) groups is 1. The van der Waals surface area contributed by atoms with Gasteiger partial charge in [0.05, 0.1) is 27.8 Å². The first-order valence-electron chi connectivity index (χ1n) is 22.8. The lowest BCUT2D eigenvalue weighted by atomic mass is 9.95. The molecule has 73 heavy (non-hydrogen) atoms. The van der Waals surface area contributed by atoms with Crippen LogP contribution < -0.4 is 41.0 Å². The molecule has 19 nitrogen and oxygen atoms in total. The highest BCUT2D eigenvalue weighted by Gasteiger charge is 2.24. The van der Waals surface area contributed by atoms with Gasteiger partial charge in [-0.1, -0.05) is 30.3 Å². The fourth-order valence-electron chi connectivity index (χ4n) is 7.74. The predicted octanol–water partition coefficient (Wildman–Crippen LogP) is 6.13. The average Bonchev–Trinajstić information content (AvgIpc) is 3.36. The number of aromatic nitrogens is 1. The molecule has 0 aliphatic rings. The molecule has 1 aromatic heterocycles. The third-order valence-corrected chi connectivity index (χ3v) is 15.5. The number of carbonyl (C=O) groups is 4. The summed E-state index contributed by atoms with van der Waals surface area (Å²) in [5.74, 6) is 0.791. The van der Waals surface area contributed by atoms with Crippen LogP contribution in [-0.2, 0) is 52.4 Å². The quantitative estimate of drug-likeness (QED) is 0.0140. The first-order chi connectivity index (χ1) is 34.9. The summed E-state index contributed by atoms with van der Waals surface area (Å²) in [5.41, 5.74) is 17.7. The van der Waals surface area contributed by atoms with Gasteiger partial charge in [0.2, 0.25) is 19.4 Å². The SMILES string of the molecule is Cc1ccc(S(=O)(=O)Nc2ccc(NNC=O)cc2)c(C)c1NC(=O)C[n+]1cccc(C(=O)N(C)CCSCCN(C)OCc2cccc(-c3c(C)ccc(S(=O)(=O)Nc4ccc(NNC=O)cc4)c3C)c2)c1. The Hall–Kier alpha value is -7.50. The summed E-state index contributed by atoms with van der Waals surface area (Å²) in [5, 5.41) is 4.63. The molecule has 0 saturated heterocycles. The molecule has 0 radical (unpaired) electrons. The fourth-order valence-corrected chi connectivity index (χ4v) is 11.4. The fraction of sp³-hybridized carbons (Fsp3) is 0.235. The molecular formula is C51H59N10O9S3+. The lowest BCUT2D eigenvalue weighted by molar-refractivity contribution is -0.684. The zero-order valence-electron chi connectivity index (χ0n) is 41.2. The molecule has 6 aromatic rings. The van der Waals surface area contributed by atoms with Crippen molar-refractivity contribution in [3.8, 4) is 11.1 Å². The van der Waals surface area contributed by atoms with Crippen molar-refractivity contribution in [2.45, 2.75) is 50.6 Å². The van der Waals surface area contributed by atoms with Crippen molar-refractivity contribution in [2.24, 2.45) is 0 Å². The zero-order chi connectivity index (χ0) is 52.7. The molecule has 0 aliphatic heterocycles. The van der Waals surface area contributed by atoms with E-state index in [2.05, 4.69) is 36.5 Å². The molecule has 4 amide bonds. The maximum absolute atomic E-state index is 13.6. The summed E-state index contributed by atoms with van der Waals surface area (Å²) in [6.07, 6.45) is 4.26. The van der Waals surface area contributed by atoms with E-state index in [1.807, 2.05) is 38.2 Å². The molecule has 384 valence electrons. The van der Waals surface area contributed by atoms with Gasteiger partial charge in [0, 0.05) is 61.8 Å². The number of nitrogens with one attached hydrogen (secondary N) is 7. The Kier molecular flexibility index (Phi) is 19.0. The summed E-state index contributed by atoms with van der Waals surface area (Å²) in [6.45, 7) is 8.39. The van der Waals surface area contributed by atoms with Crippen molar-refractivity contribution in [1.82, 2.24) is 20.8 Å². The molecule has 7 N–H and O–H groups in total. The molecule has 0 atom stereocenters. The lowest BCUT2D eigenvalue weighted by Gasteiger charge is -2.19. The van der Waals surface area contributed by atoms with Crippen molar-refractivity contribution < 1.29 is 45.4 Å². The highest BCUT2D eigenvalue weighted by atomic mass is 32.2. The van der Waals surface area contributed by atoms with Crippen LogP contribution in [0.25, 0.3) is 11.1 Å². The maximum Gasteiger partial charge on any atom is 0.290 e. The van der Waals surface area contributed by atoms with Crippen LogP contribution in [0.1, 0.15) is 38.2 Å². The van der Waals surface area contributed by atoms with Crippen molar-refractivity contribution in [3.63, 3.8) is 0 Å². The van der Waals surface area contributed by atoms with E-state index in [1.165, 1.54) is 6.07 Å². The van der Waals surface area contributed by atoms with Gasteiger partial charge in [0.25, 0.3) is 31.9 Å². The average molecular weight is 1050 g/mol. The molecule has 5 aromatic carbocycles. The third kappa shape index (κ3) is 15.0. The Balaban J connectivity index is 0.951. The number of hydroxylamine groups is 2. The van der Waals surface area contributed by atoms with Crippen LogP contribution in [0.3, 0.4) is 0 Å². The zero-order valence-corrected chi connectivity index (χ0v) is 43.6. The largest absolute Gasteiger partial charge is 0.341 e. The number of hydrogen-bond acceptors (Lipinski definition) is 13. The van der Waals surface area contributed by atoms with Crippen molar-refractivity contribution >= 4 is 84.9 Å². The van der Waals surface area contributed by atoms with Crippen molar-refractivity contribution in [2.75, 3.05) is 64.3 Å². The van der Waals surface area contributed by atoms with Crippen LogP contribution in [0.5, 0.6) is 0 Å². The van der Waals surface area contributed by atoms with Crippen LogP contribution in [-0.4, -0.2) is 90.1 Å². The summed E-state index contributed by atoms with van der Waals surface area (Å²) in [6, 6.07) is 30.4. The Morgan fingerprint density at radius 1 is 0.671 bits per heavy atom. The number of pyridine rings is 1. The molecule has 0 bridgehead atoms. The van der Waals surface area contributed by atoms with Gasteiger partial charge in [0.15, 0.2) is 12.4 Å². The van der Waals surface area contributed by atoms with Crippen LogP contribution in [0.15, 0.2) is 131 Å². The number of carbonyl (C=O) groups excluding carboxylic acids is 4. The second-order valence-electron chi connectivity index (χ2n) is 16.9. The molecule has 0 saturated carbocycles. The van der Waals surface area contributed by atoms with Gasteiger partial charge in [0.1, 0.15) is 5.56 Å². The molecule has 0 spiro atoms. The summed E-state index contributed by atoms with van der Waals surface area (Å²) < 4.78 is 60.8. The third-order valence-electron chi connectivity index (χ3n) is 11.5. The number of amides is 4. The summed E-state index contributed by atoms with van der Waals surface area (Å²) in [4.78, 5) is 55.8. The molecular weight excluding hydrogens is 993 g/mol. The monoisotopic (exact) mass is 1050 g/mol.